The average molecular weight is 462 g/mol. The Morgan fingerprint density at radius 1 is 1.24 bits per heavy atom. The molecule has 2 aromatic heterocycles. The molecule has 2 aromatic carbocycles. The van der Waals surface area contributed by atoms with Gasteiger partial charge in [0.1, 0.15) is 0 Å². The van der Waals surface area contributed by atoms with E-state index in [1.165, 1.54) is 35.2 Å². The third kappa shape index (κ3) is 4.69. The van der Waals surface area contributed by atoms with Gasteiger partial charge in [-0.15, -0.1) is 5.10 Å². The molecule has 4 rings (SSSR count). The summed E-state index contributed by atoms with van der Waals surface area (Å²) in [6, 6.07) is 15.2. The molecule has 0 aliphatic carbocycles. The Hall–Kier alpha value is -5.14. The van der Waals surface area contributed by atoms with Gasteiger partial charge in [-0.25, -0.2) is 10.1 Å². The normalized spacial score (nSPS) is 11.0. The van der Waals surface area contributed by atoms with Crippen molar-refractivity contribution in [2.24, 2.45) is 5.10 Å². The van der Waals surface area contributed by atoms with Crippen LogP contribution in [-0.2, 0) is 6.54 Å². The first kappa shape index (κ1) is 22.1. The van der Waals surface area contributed by atoms with E-state index in [0.29, 0.717) is 11.3 Å². The summed E-state index contributed by atoms with van der Waals surface area (Å²) in [5.41, 5.74) is 9.95. The van der Waals surface area contributed by atoms with Crippen molar-refractivity contribution < 1.29 is 14.3 Å². The fourth-order valence-corrected chi connectivity index (χ4v) is 3.03. The highest BCUT2D eigenvalue weighted by Gasteiger charge is 2.25. The Balaban J connectivity index is 1.57. The van der Waals surface area contributed by atoms with E-state index in [4.69, 9.17) is 5.73 Å². The van der Waals surface area contributed by atoms with Gasteiger partial charge in [-0.1, -0.05) is 23.4 Å². The lowest BCUT2D eigenvalue weighted by molar-refractivity contribution is -0.384. The number of hydrogen-bond acceptors (Lipinski definition) is 11. The second-order valence-electron chi connectivity index (χ2n) is 7.01. The van der Waals surface area contributed by atoms with Crippen LogP contribution in [0, 0.1) is 10.1 Å². The highest BCUT2D eigenvalue weighted by Crippen LogP contribution is 2.20. The first-order chi connectivity index (χ1) is 16.4. The highest BCUT2D eigenvalue weighted by atomic mass is 16.6. The molecule has 3 N–H and O–H groups in total. The van der Waals surface area contributed by atoms with Gasteiger partial charge in [-0.3, -0.25) is 14.9 Å². The van der Waals surface area contributed by atoms with E-state index in [9.17, 15) is 14.9 Å². The number of aromatic nitrogens is 5. The van der Waals surface area contributed by atoms with Crippen LogP contribution in [0.15, 0.2) is 64.3 Å². The Morgan fingerprint density at radius 2 is 1.97 bits per heavy atom. The van der Waals surface area contributed by atoms with E-state index in [1.54, 1.807) is 0 Å². The lowest BCUT2D eigenvalue weighted by atomic mass is 10.2. The Morgan fingerprint density at radius 3 is 2.62 bits per heavy atom. The molecular formula is C20H18N10O4. The number of nitro groups is 1. The zero-order valence-corrected chi connectivity index (χ0v) is 17.8. The number of carbonyl (C=O) groups is 1. The van der Waals surface area contributed by atoms with E-state index in [-0.39, 0.29) is 29.6 Å². The smallest absolute Gasteiger partial charge is 0.293 e. The number of rotatable bonds is 8. The van der Waals surface area contributed by atoms with E-state index >= 15 is 0 Å². The van der Waals surface area contributed by atoms with Gasteiger partial charge in [-0.2, -0.15) is 9.78 Å². The summed E-state index contributed by atoms with van der Waals surface area (Å²) in [5.74, 6) is -0.551. The number of nitro benzene ring substituents is 1. The van der Waals surface area contributed by atoms with Gasteiger partial charge < -0.3 is 10.6 Å². The molecule has 1 amide bonds. The van der Waals surface area contributed by atoms with Gasteiger partial charge in [0.2, 0.25) is 11.6 Å². The van der Waals surface area contributed by atoms with Crippen molar-refractivity contribution in [2.75, 3.05) is 17.7 Å². The molecule has 0 saturated carbocycles. The van der Waals surface area contributed by atoms with Crippen LogP contribution in [0.3, 0.4) is 0 Å². The molecule has 0 atom stereocenters. The van der Waals surface area contributed by atoms with E-state index < -0.39 is 10.8 Å². The van der Waals surface area contributed by atoms with Crippen molar-refractivity contribution in [3.63, 3.8) is 0 Å². The van der Waals surface area contributed by atoms with Crippen LogP contribution in [0.2, 0.25) is 0 Å². The number of nitrogens with zero attached hydrogens (tertiary/aromatic N) is 8. The summed E-state index contributed by atoms with van der Waals surface area (Å²) in [7, 11) is 1.84. The van der Waals surface area contributed by atoms with E-state index in [2.05, 4.69) is 35.8 Å². The maximum absolute atomic E-state index is 12.8. The second kappa shape index (κ2) is 9.56. The first-order valence-electron chi connectivity index (χ1n) is 9.81. The summed E-state index contributed by atoms with van der Waals surface area (Å²) in [4.78, 5) is 25.0. The number of amides is 1. The molecule has 172 valence electrons. The fourth-order valence-electron chi connectivity index (χ4n) is 3.03. The minimum Gasteiger partial charge on any atom is -0.378 e. The quantitative estimate of drug-likeness (QED) is 0.221. The number of hydrazone groups is 1. The predicted molar refractivity (Wildman–Crippen MR) is 120 cm³/mol. The number of non-ortho nitro benzene ring substituents is 1. The molecule has 0 fully saturated rings. The van der Waals surface area contributed by atoms with Crippen LogP contribution in [0.1, 0.15) is 21.7 Å². The van der Waals surface area contributed by atoms with Crippen molar-refractivity contribution in [3.8, 4) is 5.82 Å². The van der Waals surface area contributed by atoms with Crippen LogP contribution < -0.4 is 16.1 Å². The van der Waals surface area contributed by atoms with Gasteiger partial charge in [0, 0.05) is 24.9 Å². The molecule has 0 spiro atoms. The van der Waals surface area contributed by atoms with Gasteiger partial charge in [0.15, 0.2) is 5.69 Å². The largest absolute Gasteiger partial charge is 0.378 e. The van der Waals surface area contributed by atoms with Gasteiger partial charge in [0.05, 0.1) is 23.4 Å². The molecule has 0 radical (unpaired) electrons. The second-order valence-corrected chi connectivity index (χ2v) is 7.01. The number of carbonyl (C=O) groups excluding carboxylic acids is 1. The molecule has 2 heterocycles. The molecule has 14 nitrogen and oxygen atoms in total. The summed E-state index contributed by atoms with van der Waals surface area (Å²) in [6.07, 6.45) is 1.35. The number of benzene rings is 2. The number of nitrogens with one attached hydrogen (secondary N) is 1. The van der Waals surface area contributed by atoms with Crippen molar-refractivity contribution in [2.45, 2.75) is 6.54 Å². The third-order valence-electron chi connectivity index (χ3n) is 4.74. The molecule has 0 saturated heterocycles. The number of para-hydroxylation sites is 1. The maximum atomic E-state index is 12.8. The SMILES string of the molecule is CN(Cc1c(C(=O)NN=Cc2ccc([N+](=O)[O-])cc2)nnn1-c1nonc1N)c1ccccc1. The minimum absolute atomic E-state index is 0.00830. The highest BCUT2D eigenvalue weighted by molar-refractivity contribution is 5.94. The molecule has 0 aliphatic heterocycles. The lowest BCUT2D eigenvalue weighted by Gasteiger charge is -2.19. The fraction of sp³-hybridized carbons (Fsp3) is 0.100. The predicted octanol–water partition coefficient (Wildman–Crippen LogP) is 1.54. The minimum atomic E-state index is -0.629. The van der Waals surface area contributed by atoms with Gasteiger partial charge in [0.25, 0.3) is 11.6 Å². The summed E-state index contributed by atoms with van der Waals surface area (Å²) >= 11 is 0. The standard InChI is InChI=1S/C20H18N10O4/c1-28(14-5-3-2-4-6-14)12-16-17(23-27-29(16)19-18(21)25-34-26-19)20(31)24-22-11-13-7-9-15(10-8-13)30(32)33/h2-11H,12H2,1H3,(H2,21,25)(H,24,31). The lowest BCUT2D eigenvalue weighted by Crippen LogP contribution is -2.24. The third-order valence-corrected chi connectivity index (χ3v) is 4.74. The van der Waals surface area contributed by atoms with Crippen LogP contribution >= 0.6 is 0 Å². The van der Waals surface area contributed by atoms with Crippen molar-refractivity contribution in [1.82, 2.24) is 30.7 Å². The Bertz CT molecular complexity index is 1330. The van der Waals surface area contributed by atoms with Crippen LogP contribution in [0.4, 0.5) is 17.2 Å². The first-order valence-corrected chi connectivity index (χ1v) is 9.81. The van der Waals surface area contributed by atoms with Crippen molar-refractivity contribution >= 4 is 29.3 Å². The maximum Gasteiger partial charge on any atom is 0.293 e. The van der Waals surface area contributed by atoms with E-state index in [1.807, 2.05) is 42.3 Å². The van der Waals surface area contributed by atoms with Crippen LogP contribution in [-0.4, -0.2) is 49.4 Å². The number of hydrogen-bond donors (Lipinski definition) is 2. The Kier molecular flexibility index (Phi) is 6.20. The van der Waals surface area contributed by atoms with Crippen molar-refractivity contribution in [1.29, 1.82) is 0 Å². The molecule has 0 bridgehead atoms. The van der Waals surface area contributed by atoms with Crippen LogP contribution in [0.25, 0.3) is 5.82 Å². The van der Waals surface area contributed by atoms with E-state index in [0.717, 1.165) is 5.69 Å². The molecular weight excluding hydrogens is 444 g/mol. The van der Waals surface area contributed by atoms with Crippen molar-refractivity contribution in [3.05, 3.63) is 81.7 Å². The zero-order chi connectivity index (χ0) is 24.1. The van der Waals surface area contributed by atoms with Gasteiger partial charge >= 0.3 is 0 Å². The Labute approximate surface area is 191 Å². The number of nitrogen functional groups attached to an aromatic ring is 1. The molecule has 14 heteroatoms. The summed E-state index contributed by atoms with van der Waals surface area (Å²) in [6.45, 7) is 0.220. The average Bonchev–Trinajstić information content (AvgIpc) is 3.45. The summed E-state index contributed by atoms with van der Waals surface area (Å²) in [5, 5.41) is 29.9. The number of nitrogens with two attached hydrogens (primary N) is 1. The summed E-state index contributed by atoms with van der Waals surface area (Å²) < 4.78 is 5.94. The van der Waals surface area contributed by atoms with Gasteiger partial charge in [-0.05, 0) is 40.1 Å². The van der Waals surface area contributed by atoms with Crippen LogP contribution in [0.5, 0.6) is 0 Å². The number of anilines is 2. The monoisotopic (exact) mass is 462 g/mol. The topological polar surface area (TPSA) is 183 Å². The molecule has 34 heavy (non-hydrogen) atoms. The zero-order valence-electron chi connectivity index (χ0n) is 17.8. The molecule has 0 aliphatic rings. The molecule has 4 aromatic rings. The molecule has 0 unspecified atom stereocenters.